The number of carbonyl (C=O) groups excluding carboxylic acids is 3. The number of hydrogen-bond acceptors (Lipinski definition) is 16. The summed E-state index contributed by atoms with van der Waals surface area (Å²) in [6.45, 7) is 1.94. The second kappa shape index (κ2) is 13.1. The number of carboxylic acids is 1. The number of carbonyl (C=O) groups is 4. The second-order valence-corrected chi connectivity index (χ2v) is 10.9. The number of ether oxygens (including phenoxy) is 1. The van der Waals surface area contributed by atoms with E-state index in [-0.39, 0.29) is 34.6 Å². The van der Waals surface area contributed by atoms with Gasteiger partial charge in [0.15, 0.2) is 10.8 Å². The van der Waals surface area contributed by atoms with Crippen molar-refractivity contribution in [2.24, 2.45) is 10.9 Å². The highest BCUT2D eigenvalue weighted by Gasteiger charge is 2.54. The van der Waals surface area contributed by atoms with E-state index in [0.29, 0.717) is 29.6 Å². The van der Waals surface area contributed by atoms with Crippen LogP contribution in [-0.4, -0.2) is 107 Å². The first-order chi connectivity index (χ1) is 19.2. The minimum absolute atomic E-state index is 0.0752. The van der Waals surface area contributed by atoms with Gasteiger partial charge in [0.2, 0.25) is 11.8 Å². The van der Waals surface area contributed by atoms with Gasteiger partial charge in [0.25, 0.3) is 11.8 Å². The Bertz CT molecular complexity index is 1360. The summed E-state index contributed by atoms with van der Waals surface area (Å²) in [6, 6.07) is -1.04. The highest BCUT2D eigenvalue weighted by molar-refractivity contribution is 8.01. The number of β-lactam (4-membered cyclic amide) rings is 1. The van der Waals surface area contributed by atoms with Gasteiger partial charge in [0.05, 0.1) is 13.2 Å². The number of nitrogens with two attached hydrogens (primary N) is 2. The van der Waals surface area contributed by atoms with E-state index >= 15 is 0 Å². The molecular formula is C20H24N10O7S3. The van der Waals surface area contributed by atoms with Crippen molar-refractivity contribution in [3.8, 4) is 0 Å². The van der Waals surface area contributed by atoms with Crippen molar-refractivity contribution in [2.45, 2.75) is 30.0 Å². The van der Waals surface area contributed by atoms with Crippen LogP contribution in [-0.2, 0) is 35.3 Å². The van der Waals surface area contributed by atoms with Crippen molar-refractivity contribution in [1.82, 2.24) is 35.4 Å². The predicted molar refractivity (Wildman–Crippen MR) is 143 cm³/mol. The lowest BCUT2D eigenvalue weighted by molar-refractivity contribution is -0.150. The monoisotopic (exact) mass is 612 g/mol. The maximum atomic E-state index is 13.1. The summed E-state index contributed by atoms with van der Waals surface area (Å²) >= 11 is 3.58. The van der Waals surface area contributed by atoms with Crippen molar-refractivity contribution in [1.29, 1.82) is 0 Å². The van der Waals surface area contributed by atoms with Gasteiger partial charge in [-0.15, -0.1) is 28.2 Å². The topological polar surface area (TPSA) is 243 Å². The average molecular weight is 613 g/mol. The Labute approximate surface area is 238 Å². The summed E-state index contributed by atoms with van der Waals surface area (Å²) in [4.78, 5) is 60.1. The van der Waals surface area contributed by atoms with E-state index in [2.05, 4.69) is 31.0 Å². The molecule has 0 spiro atoms. The van der Waals surface area contributed by atoms with Gasteiger partial charge in [0, 0.05) is 23.4 Å². The minimum atomic E-state index is -1.27. The average Bonchev–Trinajstić information content (AvgIpc) is 3.56. The number of tetrazole rings is 1. The number of anilines is 1. The van der Waals surface area contributed by atoms with E-state index in [0.717, 1.165) is 16.2 Å². The zero-order valence-corrected chi connectivity index (χ0v) is 23.3. The number of aliphatic carboxylic acids is 1. The molecule has 0 saturated carbocycles. The van der Waals surface area contributed by atoms with Crippen molar-refractivity contribution in [2.75, 3.05) is 37.0 Å². The first-order valence-corrected chi connectivity index (χ1v) is 14.5. The van der Waals surface area contributed by atoms with Gasteiger partial charge in [-0.1, -0.05) is 16.9 Å². The molecule has 0 radical (unpaired) electrons. The summed E-state index contributed by atoms with van der Waals surface area (Å²) in [7, 11) is 0. The van der Waals surface area contributed by atoms with Crippen LogP contribution in [0.25, 0.3) is 0 Å². The summed E-state index contributed by atoms with van der Waals surface area (Å²) in [5, 5.41) is 29.0. The van der Waals surface area contributed by atoms with Gasteiger partial charge in [-0.25, -0.2) is 19.3 Å². The van der Waals surface area contributed by atoms with E-state index < -0.39 is 41.8 Å². The standard InChI is InChI=1S/C20H24N10O7S3/c1-2-36-11(31)5-37-26-12(10-8-39-19(22)23-10)15(32)24-13-16(33)30-14(18(34)35)9(6-38-17(13)30)7-40-20-25-27-28-29(20)4-3-21/h8,13,17H,2-7,21H2,1H3,(H2,22,23)(H,24,32)(H,34,35)/t13?,17-/m0/s1. The van der Waals surface area contributed by atoms with E-state index in [1.807, 2.05) is 0 Å². The molecule has 0 bridgehead atoms. The third kappa shape index (κ3) is 6.35. The molecule has 2 aliphatic heterocycles. The van der Waals surface area contributed by atoms with Gasteiger partial charge >= 0.3 is 11.9 Å². The molecule has 2 aromatic heterocycles. The Hall–Kier alpha value is -3.75. The number of nitrogens with one attached hydrogen (secondary N) is 1. The first-order valence-electron chi connectivity index (χ1n) is 11.6. The van der Waals surface area contributed by atoms with Gasteiger partial charge in [0.1, 0.15) is 22.8 Å². The number of thiazole rings is 1. The molecule has 0 aliphatic carbocycles. The van der Waals surface area contributed by atoms with Crippen molar-refractivity contribution in [3.63, 3.8) is 0 Å². The van der Waals surface area contributed by atoms with Crippen LogP contribution in [0.4, 0.5) is 5.13 Å². The van der Waals surface area contributed by atoms with Gasteiger partial charge in [-0.05, 0) is 22.9 Å². The van der Waals surface area contributed by atoms with E-state index in [4.69, 9.17) is 21.0 Å². The molecule has 0 aromatic carbocycles. The number of fused-ring (bicyclic) bond motifs is 1. The van der Waals surface area contributed by atoms with Gasteiger partial charge in [-0.2, -0.15) is 0 Å². The first kappa shape index (κ1) is 29.2. The number of oxime groups is 1. The fourth-order valence-electron chi connectivity index (χ4n) is 3.67. The number of aromatic nitrogens is 5. The summed E-state index contributed by atoms with van der Waals surface area (Å²) in [5.74, 6) is -2.87. The summed E-state index contributed by atoms with van der Waals surface area (Å²) in [6.07, 6.45) is 0. The molecule has 4 rings (SSSR count). The molecule has 1 saturated heterocycles. The van der Waals surface area contributed by atoms with Crippen LogP contribution in [0.1, 0.15) is 12.6 Å². The van der Waals surface area contributed by atoms with Crippen molar-refractivity contribution >= 4 is 69.5 Å². The van der Waals surface area contributed by atoms with Gasteiger partial charge < -0.3 is 31.5 Å². The van der Waals surface area contributed by atoms with Crippen LogP contribution in [0, 0.1) is 0 Å². The van der Waals surface area contributed by atoms with Crippen LogP contribution in [0.15, 0.2) is 27.0 Å². The van der Waals surface area contributed by atoms with Gasteiger partial charge in [-0.3, -0.25) is 14.5 Å². The lowest BCUT2D eigenvalue weighted by Crippen LogP contribution is -2.71. The Morgan fingerprint density at radius 1 is 1.38 bits per heavy atom. The maximum Gasteiger partial charge on any atom is 0.352 e. The normalized spacial score (nSPS) is 18.7. The molecular weight excluding hydrogens is 588 g/mol. The van der Waals surface area contributed by atoms with Crippen LogP contribution >= 0.6 is 34.9 Å². The van der Waals surface area contributed by atoms with E-state index in [1.165, 1.54) is 33.6 Å². The molecule has 17 nitrogen and oxygen atoms in total. The van der Waals surface area contributed by atoms with E-state index in [1.54, 1.807) is 6.92 Å². The number of rotatable bonds is 13. The summed E-state index contributed by atoms with van der Waals surface area (Å²) in [5.41, 5.74) is 11.4. The number of carboxylic acid groups (broad SMARTS) is 1. The van der Waals surface area contributed by atoms with Crippen LogP contribution in [0.3, 0.4) is 0 Å². The molecule has 1 unspecified atom stereocenters. The quantitative estimate of drug-likeness (QED) is 0.0660. The number of hydrogen-bond donors (Lipinski definition) is 4. The van der Waals surface area contributed by atoms with E-state index in [9.17, 15) is 24.3 Å². The van der Waals surface area contributed by atoms with Crippen molar-refractivity contribution in [3.05, 3.63) is 22.3 Å². The van der Waals surface area contributed by atoms with Crippen LogP contribution in [0.2, 0.25) is 0 Å². The molecule has 2 amide bonds. The zero-order chi connectivity index (χ0) is 28.8. The smallest absolute Gasteiger partial charge is 0.352 e. The fourth-order valence-corrected chi connectivity index (χ4v) is 6.61. The molecule has 40 heavy (non-hydrogen) atoms. The highest BCUT2D eigenvalue weighted by Crippen LogP contribution is 2.41. The third-order valence-corrected chi connectivity index (χ3v) is 8.43. The van der Waals surface area contributed by atoms with Crippen molar-refractivity contribution < 1.29 is 33.9 Å². The Morgan fingerprint density at radius 3 is 2.85 bits per heavy atom. The lowest BCUT2D eigenvalue weighted by atomic mass is 10.0. The Morgan fingerprint density at radius 2 is 2.17 bits per heavy atom. The molecule has 4 heterocycles. The highest BCUT2D eigenvalue weighted by atomic mass is 32.2. The van der Waals surface area contributed by atoms with Crippen LogP contribution in [0.5, 0.6) is 0 Å². The maximum absolute atomic E-state index is 13.1. The molecule has 6 N–H and O–H groups in total. The zero-order valence-electron chi connectivity index (χ0n) is 20.9. The lowest BCUT2D eigenvalue weighted by Gasteiger charge is -2.49. The molecule has 2 aromatic rings. The largest absolute Gasteiger partial charge is 0.477 e. The number of esters is 1. The predicted octanol–water partition coefficient (Wildman–Crippen LogP) is -1.51. The number of nitrogen functional groups attached to an aromatic ring is 1. The summed E-state index contributed by atoms with van der Waals surface area (Å²) < 4.78 is 6.27. The Kier molecular flexibility index (Phi) is 9.55. The Balaban J connectivity index is 1.47. The molecule has 2 atom stereocenters. The molecule has 214 valence electrons. The minimum Gasteiger partial charge on any atom is -0.477 e. The SMILES string of the molecule is CCOC(=O)CON=C(C(=O)NC1C(=O)N2C(C(=O)O)=C(CSc3nnnn3CCN)CS[C@@H]12)c1csc(N)n1. The molecule has 20 heteroatoms. The molecule has 1 fully saturated rings. The number of thioether (sulfide) groups is 2. The third-order valence-electron chi connectivity index (χ3n) is 5.38. The number of nitrogens with zero attached hydrogens (tertiary/aromatic N) is 7. The van der Waals surface area contributed by atoms with Crippen LogP contribution < -0.4 is 16.8 Å². The second-order valence-electron chi connectivity index (χ2n) is 7.97. The number of amides is 2. The fraction of sp³-hybridized carbons (Fsp3) is 0.450. The molecule has 2 aliphatic rings.